The fraction of sp³-hybridized carbons (Fsp3) is 0.812. The Balaban J connectivity index is 2.30. The molecule has 0 amide bonds. The Morgan fingerprint density at radius 1 is 1.45 bits per heavy atom. The van der Waals surface area contributed by atoms with E-state index in [-0.39, 0.29) is 6.10 Å². The van der Waals surface area contributed by atoms with Gasteiger partial charge in [0.25, 0.3) is 0 Å². The first kappa shape index (κ1) is 15.9. The second kappa shape index (κ2) is 6.54. The minimum absolute atomic E-state index is 0.168. The zero-order chi connectivity index (χ0) is 14.8. The summed E-state index contributed by atoms with van der Waals surface area (Å²) in [7, 11) is 1.80. The molecule has 0 saturated heterocycles. The van der Waals surface area contributed by atoms with Crippen LogP contribution in [-0.4, -0.2) is 18.6 Å². The lowest BCUT2D eigenvalue weighted by molar-refractivity contribution is 0.0945. The van der Waals surface area contributed by atoms with E-state index in [0.29, 0.717) is 11.5 Å². The summed E-state index contributed by atoms with van der Waals surface area (Å²) >= 11 is 1.86. The Bertz CT molecular complexity index is 442. The zero-order valence-electron chi connectivity index (χ0n) is 13.5. The summed E-state index contributed by atoms with van der Waals surface area (Å²) < 4.78 is 5.63. The highest BCUT2D eigenvalue weighted by Crippen LogP contribution is 2.44. The van der Waals surface area contributed by atoms with Crippen LogP contribution in [0.15, 0.2) is 0 Å². The van der Waals surface area contributed by atoms with E-state index in [4.69, 9.17) is 9.72 Å². The summed E-state index contributed by atoms with van der Waals surface area (Å²) in [5.74, 6) is 0. The molecule has 2 atom stereocenters. The van der Waals surface area contributed by atoms with Crippen molar-refractivity contribution in [2.45, 2.75) is 65.5 Å². The minimum Gasteiger partial charge on any atom is -0.374 e. The molecule has 114 valence electrons. The van der Waals surface area contributed by atoms with Crippen molar-refractivity contribution >= 4 is 11.3 Å². The van der Waals surface area contributed by atoms with E-state index in [1.807, 2.05) is 11.3 Å². The van der Waals surface area contributed by atoms with Crippen molar-refractivity contribution < 1.29 is 4.74 Å². The maximum atomic E-state index is 5.63. The summed E-state index contributed by atoms with van der Waals surface area (Å²) in [5, 5.41) is 4.79. The molecule has 1 aromatic heterocycles. The summed E-state index contributed by atoms with van der Waals surface area (Å²) in [4.78, 5) is 6.37. The van der Waals surface area contributed by atoms with Gasteiger partial charge in [0, 0.05) is 18.0 Å². The molecule has 0 aliphatic heterocycles. The number of nitrogens with zero attached hydrogens (tertiary/aromatic N) is 1. The van der Waals surface area contributed by atoms with Crippen molar-refractivity contribution in [3.8, 4) is 0 Å². The first-order valence-corrected chi connectivity index (χ1v) is 8.58. The fourth-order valence-corrected chi connectivity index (χ4v) is 4.38. The average Bonchev–Trinajstić information content (AvgIpc) is 2.78. The van der Waals surface area contributed by atoms with Crippen LogP contribution in [0, 0.1) is 5.41 Å². The average molecular weight is 296 g/mol. The molecule has 0 aromatic carbocycles. The number of hydrogen-bond acceptors (Lipinski definition) is 4. The number of hydrogen-bond donors (Lipinski definition) is 1. The normalized spacial score (nSPS) is 22.6. The lowest BCUT2D eigenvalue weighted by atomic mass is 9.76. The quantitative estimate of drug-likeness (QED) is 0.852. The van der Waals surface area contributed by atoms with Gasteiger partial charge in [0.1, 0.15) is 11.1 Å². The molecule has 1 N–H and O–H groups in total. The minimum atomic E-state index is 0.168. The predicted octanol–water partition coefficient (Wildman–Crippen LogP) is 4.25. The van der Waals surface area contributed by atoms with Gasteiger partial charge in [-0.1, -0.05) is 34.1 Å². The highest BCUT2D eigenvalue weighted by atomic mass is 32.1. The topological polar surface area (TPSA) is 34.1 Å². The molecule has 4 heteroatoms. The fourth-order valence-electron chi connectivity index (χ4n) is 3.11. The van der Waals surface area contributed by atoms with E-state index < -0.39 is 0 Å². The smallest absolute Gasteiger partial charge is 0.122 e. The third-order valence-corrected chi connectivity index (χ3v) is 5.33. The molecule has 0 bridgehead atoms. The van der Waals surface area contributed by atoms with Gasteiger partial charge in [-0.2, -0.15) is 0 Å². The van der Waals surface area contributed by atoms with Crippen molar-refractivity contribution in [1.29, 1.82) is 0 Å². The Kier molecular flexibility index (Phi) is 5.21. The molecule has 0 fully saturated rings. The molecule has 1 aliphatic rings. The standard InChI is InChI=1S/C16H28N2OS/c1-6-8-13(19-5)15-18-12-10-16(3,4)9-11(17-7-2)14(12)20-15/h11,13,17H,6-10H2,1-5H3. The van der Waals surface area contributed by atoms with Crippen LogP contribution in [0.4, 0.5) is 0 Å². The van der Waals surface area contributed by atoms with Gasteiger partial charge in [-0.25, -0.2) is 4.98 Å². The summed E-state index contributed by atoms with van der Waals surface area (Å²) in [6.45, 7) is 10.1. The van der Waals surface area contributed by atoms with Crippen LogP contribution in [0.3, 0.4) is 0 Å². The van der Waals surface area contributed by atoms with Crippen LogP contribution in [0.1, 0.15) is 74.7 Å². The third-order valence-electron chi connectivity index (χ3n) is 4.02. The Morgan fingerprint density at radius 3 is 2.80 bits per heavy atom. The SMILES string of the molecule is CCCC(OC)c1nc2c(s1)C(NCC)CC(C)(C)C2. The zero-order valence-corrected chi connectivity index (χ0v) is 14.3. The van der Waals surface area contributed by atoms with Gasteiger partial charge in [0.2, 0.25) is 0 Å². The molecular formula is C16H28N2OS. The van der Waals surface area contributed by atoms with Crippen molar-refractivity contribution in [3.63, 3.8) is 0 Å². The maximum Gasteiger partial charge on any atom is 0.122 e. The van der Waals surface area contributed by atoms with E-state index in [9.17, 15) is 0 Å². The number of rotatable bonds is 6. The van der Waals surface area contributed by atoms with Crippen molar-refractivity contribution in [3.05, 3.63) is 15.6 Å². The molecule has 0 saturated carbocycles. The van der Waals surface area contributed by atoms with Gasteiger partial charge >= 0.3 is 0 Å². The van der Waals surface area contributed by atoms with Gasteiger partial charge < -0.3 is 10.1 Å². The number of fused-ring (bicyclic) bond motifs is 1. The molecule has 2 rings (SSSR count). The van der Waals surface area contributed by atoms with Gasteiger partial charge in [-0.05, 0) is 31.2 Å². The van der Waals surface area contributed by atoms with Gasteiger partial charge in [-0.3, -0.25) is 0 Å². The molecule has 3 nitrogen and oxygen atoms in total. The van der Waals surface area contributed by atoms with Crippen molar-refractivity contribution in [2.24, 2.45) is 5.41 Å². The second-order valence-electron chi connectivity index (χ2n) is 6.53. The molecule has 1 aromatic rings. The molecular weight excluding hydrogens is 268 g/mol. The third kappa shape index (κ3) is 3.41. The highest BCUT2D eigenvalue weighted by molar-refractivity contribution is 7.11. The van der Waals surface area contributed by atoms with Crippen LogP contribution in [-0.2, 0) is 11.2 Å². The monoisotopic (exact) mass is 296 g/mol. The molecule has 0 radical (unpaired) electrons. The highest BCUT2D eigenvalue weighted by Gasteiger charge is 2.35. The van der Waals surface area contributed by atoms with E-state index in [1.54, 1.807) is 7.11 Å². The maximum absolute atomic E-state index is 5.63. The first-order chi connectivity index (χ1) is 9.50. The number of nitrogens with one attached hydrogen (secondary N) is 1. The van der Waals surface area contributed by atoms with Crippen LogP contribution in [0.25, 0.3) is 0 Å². The molecule has 1 heterocycles. The van der Waals surface area contributed by atoms with Gasteiger partial charge in [0.15, 0.2) is 0 Å². The van der Waals surface area contributed by atoms with Crippen molar-refractivity contribution in [2.75, 3.05) is 13.7 Å². The largest absolute Gasteiger partial charge is 0.374 e. The Morgan fingerprint density at radius 2 is 2.20 bits per heavy atom. The molecule has 20 heavy (non-hydrogen) atoms. The second-order valence-corrected chi connectivity index (χ2v) is 7.59. The summed E-state index contributed by atoms with van der Waals surface area (Å²) in [6, 6.07) is 0.462. The Labute approximate surface area is 127 Å². The summed E-state index contributed by atoms with van der Waals surface area (Å²) in [5.41, 5.74) is 1.63. The lowest BCUT2D eigenvalue weighted by Gasteiger charge is -2.34. The molecule has 1 aliphatic carbocycles. The molecule has 0 spiro atoms. The van der Waals surface area contributed by atoms with E-state index in [0.717, 1.165) is 25.8 Å². The summed E-state index contributed by atoms with van der Waals surface area (Å²) in [6.07, 6.45) is 4.63. The molecule has 2 unspecified atom stereocenters. The van der Waals surface area contributed by atoms with Crippen LogP contribution in [0.2, 0.25) is 0 Å². The lowest BCUT2D eigenvalue weighted by Crippen LogP contribution is -2.32. The predicted molar refractivity (Wildman–Crippen MR) is 85.3 cm³/mol. The van der Waals surface area contributed by atoms with Gasteiger partial charge in [0.05, 0.1) is 5.69 Å². The number of aromatic nitrogens is 1. The van der Waals surface area contributed by atoms with Crippen LogP contribution in [0.5, 0.6) is 0 Å². The number of thiazole rings is 1. The van der Waals surface area contributed by atoms with E-state index >= 15 is 0 Å². The Hall–Kier alpha value is -0.450. The van der Waals surface area contributed by atoms with E-state index in [1.165, 1.54) is 22.0 Å². The van der Waals surface area contributed by atoms with Crippen LogP contribution < -0.4 is 5.32 Å². The van der Waals surface area contributed by atoms with Crippen LogP contribution >= 0.6 is 11.3 Å². The number of ether oxygens (including phenoxy) is 1. The van der Waals surface area contributed by atoms with E-state index in [2.05, 4.69) is 33.0 Å². The first-order valence-electron chi connectivity index (χ1n) is 7.76. The number of methoxy groups -OCH3 is 1. The van der Waals surface area contributed by atoms with Gasteiger partial charge in [-0.15, -0.1) is 11.3 Å². The van der Waals surface area contributed by atoms with Crippen molar-refractivity contribution in [1.82, 2.24) is 10.3 Å².